The first kappa shape index (κ1) is 24.4. The van der Waals surface area contributed by atoms with Gasteiger partial charge in [0.15, 0.2) is 0 Å². The molecule has 1 aliphatic heterocycles. The minimum Gasteiger partial charge on any atom is -0.490 e. The van der Waals surface area contributed by atoms with Crippen LogP contribution in [0.3, 0.4) is 0 Å². The van der Waals surface area contributed by atoms with Crippen LogP contribution in [0.4, 0.5) is 0 Å². The topological polar surface area (TPSA) is 84.7 Å². The van der Waals surface area contributed by atoms with Crippen molar-refractivity contribution in [2.24, 2.45) is 0 Å². The quantitative estimate of drug-likeness (QED) is 0.246. The highest BCUT2D eigenvalue weighted by Gasteiger charge is 2.32. The first-order chi connectivity index (χ1) is 16.9. The number of aliphatic carboxylic acids is 1. The van der Waals surface area contributed by atoms with Crippen molar-refractivity contribution in [1.29, 1.82) is 0 Å². The summed E-state index contributed by atoms with van der Waals surface area (Å²) < 4.78 is 7.77. The number of aryl methyl sites for hydroxylation is 1. The summed E-state index contributed by atoms with van der Waals surface area (Å²) >= 11 is 6.50. The van der Waals surface area contributed by atoms with Gasteiger partial charge in [-0.2, -0.15) is 5.10 Å². The third-order valence-corrected chi connectivity index (χ3v) is 6.67. The molecule has 9 heteroatoms. The Morgan fingerprint density at radius 3 is 2.71 bits per heavy atom. The Balaban J connectivity index is 1.75. The molecule has 178 valence electrons. The van der Waals surface area contributed by atoms with Crippen molar-refractivity contribution in [1.82, 2.24) is 14.7 Å². The predicted molar refractivity (Wildman–Crippen MR) is 142 cm³/mol. The molecule has 4 rings (SSSR count). The van der Waals surface area contributed by atoms with Gasteiger partial charge in [0.25, 0.3) is 5.91 Å². The van der Waals surface area contributed by atoms with Gasteiger partial charge < -0.3 is 9.84 Å². The van der Waals surface area contributed by atoms with Gasteiger partial charge in [0.05, 0.1) is 17.0 Å². The Labute approximate surface area is 212 Å². The average molecular weight is 506 g/mol. The van der Waals surface area contributed by atoms with Gasteiger partial charge in [0.1, 0.15) is 22.4 Å². The molecule has 0 radical (unpaired) electrons. The molecular formula is C26H23N3O4S2. The van der Waals surface area contributed by atoms with E-state index in [9.17, 15) is 9.59 Å². The standard InChI is InChI=1S/C26H23N3O4S2/c1-3-13-33-20-9-10-21(17(2)14-20)24-18(16-29(27-24)19-7-5-4-6-8-19)15-22-25(32)28(26(34)35-22)12-11-23(30)31/h3-10,14-16H,1,11-13H2,2H3,(H,30,31). The second-order valence-electron chi connectivity index (χ2n) is 7.77. The van der Waals surface area contributed by atoms with Crippen LogP contribution in [0, 0.1) is 6.92 Å². The summed E-state index contributed by atoms with van der Waals surface area (Å²) in [6.07, 6.45) is 5.16. The lowest BCUT2D eigenvalue weighted by Crippen LogP contribution is -2.30. The van der Waals surface area contributed by atoms with E-state index in [-0.39, 0.29) is 18.9 Å². The van der Waals surface area contributed by atoms with Gasteiger partial charge in [0, 0.05) is 23.9 Å². The van der Waals surface area contributed by atoms with E-state index >= 15 is 0 Å². The number of rotatable bonds is 9. The molecule has 35 heavy (non-hydrogen) atoms. The summed E-state index contributed by atoms with van der Waals surface area (Å²) in [5.74, 6) is -0.551. The van der Waals surface area contributed by atoms with E-state index in [0.29, 0.717) is 21.5 Å². The first-order valence-corrected chi connectivity index (χ1v) is 12.1. The average Bonchev–Trinajstić information content (AvgIpc) is 3.37. The molecule has 2 heterocycles. The molecule has 7 nitrogen and oxygen atoms in total. The molecule has 0 spiro atoms. The number of carbonyl (C=O) groups excluding carboxylic acids is 1. The molecule has 1 N–H and O–H groups in total. The number of aromatic nitrogens is 2. The van der Waals surface area contributed by atoms with Crippen LogP contribution in [-0.2, 0) is 9.59 Å². The zero-order chi connectivity index (χ0) is 24.9. The SMILES string of the molecule is C=CCOc1ccc(-c2nn(-c3ccccc3)cc2C=C2SC(=S)N(CCC(=O)O)C2=O)c(C)c1. The fourth-order valence-corrected chi connectivity index (χ4v) is 4.90. The highest BCUT2D eigenvalue weighted by Crippen LogP contribution is 2.36. The van der Waals surface area contributed by atoms with Crippen LogP contribution in [-0.4, -0.2) is 49.1 Å². The summed E-state index contributed by atoms with van der Waals surface area (Å²) in [4.78, 5) is 25.7. The van der Waals surface area contributed by atoms with Crippen LogP contribution in [0.15, 0.2) is 72.3 Å². The molecule has 1 aliphatic rings. The Morgan fingerprint density at radius 2 is 2.03 bits per heavy atom. The number of nitrogens with zero attached hydrogens (tertiary/aromatic N) is 3. The largest absolute Gasteiger partial charge is 0.490 e. The van der Waals surface area contributed by atoms with Crippen molar-refractivity contribution in [3.8, 4) is 22.7 Å². The smallest absolute Gasteiger partial charge is 0.305 e. The van der Waals surface area contributed by atoms with Gasteiger partial charge in [0.2, 0.25) is 0 Å². The minimum absolute atomic E-state index is 0.0404. The number of carbonyl (C=O) groups is 2. The number of ether oxygens (including phenoxy) is 1. The molecule has 3 aromatic rings. The van der Waals surface area contributed by atoms with E-state index < -0.39 is 5.97 Å². The maximum absolute atomic E-state index is 13.0. The lowest BCUT2D eigenvalue weighted by Gasteiger charge is -2.12. The zero-order valence-electron chi connectivity index (χ0n) is 19.0. The van der Waals surface area contributed by atoms with Crippen LogP contribution in [0.25, 0.3) is 23.0 Å². The van der Waals surface area contributed by atoms with E-state index in [1.807, 2.05) is 61.7 Å². The van der Waals surface area contributed by atoms with Gasteiger partial charge in [-0.05, 0) is 48.9 Å². The molecule has 1 fully saturated rings. The second-order valence-corrected chi connectivity index (χ2v) is 9.44. The zero-order valence-corrected chi connectivity index (χ0v) is 20.6. The van der Waals surface area contributed by atoms with E-state index in [2.05, 4.69) is 6.58 Å². The van der Waals surface area contributed by atoms with Gasteiger partial charge in [-0.1, -0.05) is 54.8 Å². The number of thiocarbonyl (C=S) groups is 1. The van der Waals surface area contributed by atoms with Crippen LogP contribution in [0.2, 0.25) is 0 Å². The lowest BCUT2D eigenvalue weighted by atomic mass is 10.0. The Kier molecular flexibility index (Phi) is 7.48. The Hall–Kier alpha value is -3.69. The van der Waals surface area contributed by atoms with E-state index in [1.54, 1.807) is 16.8 Å². The van der Waals surface area contributed by atoms with Crippen LogP contribution >= 0.6 is 24.0 Å². The molecule has 0 unspecified atom stereocenters. The number of carboxylic acids is 1. The van der Waals surface area contributed by atoms with Crippen LogP contribution in [0.5, 0.6) is 5.75 Å². The molecule has 1 aromatic heterocycles. The molecule has 0 bridgehead atoms. The molecule has 1 amide bonds. The van der Waals surface area contributed by atoms with Gasteiger partial charge in [-0.15, -0.1) is 0 Å². The van der Waals surface area contributed by atoms with Crippen molar-refractivity contribution in [3.05, 3.63) is 83.4 Å². The van der Waals surface area contributed by atoms with E-state index in [0.717, 1.165) is 39.9 Å². The number of thioether (sulfide) groups is 1. The molecule has 0 saturated carbocycles. The normalized spacial score (nSPS) is 14.5. The molecule has 0 atom stereocenters. The maximum Gasteiger partial charge on any atom is 0.305 e. The molecule has 2 aromatic carbocycles. The van der Waals surface area contributed by atoms with Crippen molar-refractivity contribution in [3.63, 3.8) is 0 Å². The first-order valence-electron chi connectivity index (χ1n) is 10.8. The van der Waals surface area contributed by atoms with Crippen molar-refractivity contribution >= 4 is 46.3 Å². The Morgan fingerprint density at radius 1 is 1.26 bits per heavy atom. The lowest BCUT2D eigenvalue weighted by molar-refractivity contribution is -0.137. The summed E-state index contributed by atoms with van der Waals surface area (Å²) in [6, 6.07) is 15.5. The summed E-state index contributed by atoms with van der Waals surface area (Å²) in [5, 5.41) is 13.8. The van der Waals surface area contributed by atoms with Crippen LogP contribution in [0.1, 0.15) is 17.5 Å². The monoisotopic (exact) mass is 505 g/mol. The third kappa shape index (κ3) is 5.52. The second kappa shape index (κ2) is 10.7. The third-order valence-electron chi connectivity index (χ3n) is 5.29. The highest BCUT2D eigenvalue weighted by atomic mass is 32.2. The summed E-state index contributed by atoms with van der Waals surface area (Å²) in [6.45, 7) is 6.11. The Bertz CT molecular complexity index is 1330. The van der Waals surface area contributed by atoms with Gasteiger partial charge in [-0.3, -0.25) is 14.5 Å². The molecular weight excluding hydrogens is 482 g/mol. The molecule has 1 saturated heterocycles. The van der Waals surface area contributed by atoms with Crippen molar-refractivity contribution < 1.29 is 19.4 Å². The highest BCUT2D eigenvalue weighted by molar-refractivity contribution is 8.26. The minimum atomic E-state index is -0.981. The number of carboxylic acid groups (broad SMARTS) is 1. The predicted octanol–water partition coefficient (Wildman–Crippen LogP) is 5.09. The van der Waals surface area contributed by atoms with Crippen molar-refractivity contribution in [2.45, 2.75) is 13.3 Å². The van der Waals surface area contributed by atoms with Crippen molar-refractivity contribution in [2.75, 3.05) is 13.2 Å². The van der Waals surface area contributed by atoms with Gasteiger partial charge in [-0.25, -0.2) is 4.68 Å². The number of benzene rings is 2. The van der Waals surface area contributed by atoms with E-state index in [4.69, 9.17) is 27.2 Å². The van der Waals surface area contributed by atoms with Gasteiger partial charge >= 0.3 is 5.97 Å². The summed E-state index contributed by atoms with van der Waals surface area (Å²) in [7, 11) is 0. The van der Waals surface area contributed by atoms with E-state index in [1.165, 1.54) is 4.90 Å². The van der Waals surface area contributed by atoms with Crippen LogP contribution < -0.4 is 4.74 Å². The summed E-state index contributed by atoms with van der Waals surface area (Å²) in [5.41, 5.74) is 4.20. The number of para-hydroxylation sites is 1. The fraction of sp³-hybridized carbons (Fsp3) is 0.154. The fourth-order valence-electron chi connectivity index (χ4n) is 3.60. The molecule has 0 aliphatic carbocycles. The number of amides is 1. The number of hydrogen-bond acceptors (Lipinski definition) is 6. The number of hydrogen-bond donors (Lipinski definition) is 1. The maximum atomic E-state index is 13.0.